The van der Waals surface area contributed by atoms with Crippen LogP contribution in [-0.4, -0.2) is 38.3 Å². The first-order chi connectivity index (χ1) is 9.95. The second-order valence-corrected chi connectivity index (χ2v) is 8.65. The summed E-state index contributed by atoms with van der Waals surface area (Å²) in [5.41, 5.74) is 0. The lowest BCUT2D eigenvalue weighted by Crippen LogP contribution is -2.42. The molecule has 1 N–H and O–H groups in total. The topological polar surface area (TPSA) is 66.5 Å². The van der Waals surface area contributed by atoms with Gasteiger partial charge in [-0.1, -0.05) is 17.7 Å². The average Bonchev–Trinajstić information content (AvgIpc) is 2.92. The summed E-state index contributed by atoms with van der Waals surface area (Å²) in [4.78, 5) is 11.8. The molecule has 1 saturated heterocycles. The first kappa shape index (κ1) is 16.5. The smallest absolute Gasteiger partial charge is 0.252 e. The number of carbonyl (C=O) groups excluding carboxylic acids is 1. The Morgan fingerprint density at radius 3 is 2.67 bits per heavy atom. The first-order valence-electron chi connectivity index (χ1n) is 6.59. The molecule has 0 atom stereocenters. The van der Waals surface area contributed by atoms with Crippen molar-refractivity contribution in [3.8, 4) is 0 Å². The van der Waals surface area contributed by atoms with Crippen LogP contribution in [0.3, 0.4) is 0 Å². The highest BCUT2D eigenvalue weighted by atomic mass is 35.5. The SMILES string of the molecule is C=CCNC(=O)C1CCN(S(=O)(=O)c2ccc(Cl)s2)CC1. The second-order valence-electron chi connectivity index (χ2n) is 4.77. The normalized spacial score (nSPS) is 17.6. The van der Waals surface area contributed by atoms with Crippen LogP contribution in [-0.2, 0) is 14.8 Å². The Labute approximate surface area is 133 Å². The standard InChI is InChI=1S/C13H17ClN2O3S2/c1-2-7-15-13(17)10-5-8-16(9-6-10)21(18,19)12-4-3-11(14)20-12/h2-4,10H,1,5-9H2,(H,15,17). The molecule has 0 saturated carbocycles. The van der Waals surface area contributed by atoms with Gasteiger partial charge in [0, 0.05) is 25.6 Å². The van der Waals surface area contributed by atoms with E-state index in [1.165, 1.54) is 10.4 Å². The number of amides is 1. The molecule has 116 valence electrons. The minimum atomic E-state index is -3.49. The maximum Gasteiger partial charge on any atom is 0.252 e. The van der Waals surface area contributed by atoms with Gasteiger partial charge in [0.25, 0.3) is 10.0 Å². The zero-order chi connectivity index (χ0) is 15.5. The number of thiophene rings is 1. The molecule has 0 bridgehead atoms. The molecule has 0 unspecified atom stereocenters. The van der Waals surface area contributed by atoms with E-state index in [4.69, 9.17) is 11.6 Å². The van der Waals surface area contributed by atoms with E-state index in [0.29, 0.717) is 36.8 Å². The first-order valence-corrected chi connectivity index (χ1v) is 9.22. The number of carbonyl (C=O) groups is 1. The number of nitrogens with zero attached hydrogens (tertiary/aromatic N) is 1. The largest absolute Gasteiger partial charge is 0.352 e. The van der Waals surface area contributed by atoms with Crippen molar-refractivity contribution in [1.82, 2.24) is 9.62 Å². The molecule has 2 rings (SSSR count). The van der Waals surface area contributed by atoms with Crippen LogP contribution >= 0.6 is 22.9 Å². The quantitative estimate of drug-likeness (QED) is 0.829. The molecular weight excluding hydrogens is 332 g/mol. The Morgan fingerprint density at radius 1 is 1.48 bits per heavy atom. The third-order valence-electron chi connectivity index (χ3n) is 3.39. The zero-order valence-corrected chi connectivity index (χ0v) is 13.8. The van der Waals surface area contributed by atoms with Crippen LogP contribution in [0.15, 0.2) is 29.0 Å². The van der Waals surface area contributed by atoms with Gasteiger partial charge in [0.2, 0.25) is 5.91 Å². The summed E-state index contributed by atoms with van der Waals surface area (Å²) < 4.78 is 27.0. The number of sulfonamides is 1. The number of piperidine rings is 1. The number of halogens is 1. The summed E-state index contributed by atoms with van der Waals surface area (Å²) in [7, 11) is -3.49. The van der Waals surface area contributed by atoms with Crippen LogP contribution in [0, 0.1) is 5.92 Å². The molecule has 0 aliphatic carbocycles. The van der Waals surface area contributed by atoms with E-state index in [-0.39, 0.29) is 16.0 Å². The van der Waals surface area contributed by atoms with Gasteiger partial charge >= 0.3 is 0 Å². The fourth-order valence-corrected chi connectivity index (χ4v) is 5.35. The van der Waals surface area contributed by atoms with Crippen LogP contribution in [0.25, 0.3) is 0 Å². The molecule has 21 heavy (non-hydrogen) atoms. The lowest BCUT2D eigenvalue weighted by Gasteiger charge is -2.30. The molecule has 1 fully saturated rings. The summed E-state index contributed by atoms with van der Waals surface area (Å²) >= 11 is 6.85. The van der Waals surface area contributed by atoms with Gasteiger partial charge < -0.3 is 5.32 Å². The van der Waals surface area contributed by atoms with E-state index in [9.17, 15) is 13.2 Å². The van der Waals surface area contributed by atoms with Crippen molar-refractivity contribution in [3.05, 3.63) is 29.1 Å². The molecule has 5 nitrogen and oxygen atoms in total. The number of nitrogens with one attached hydrogen (secondary N) is 1. The Morgan fingerprint density at radius 2 is 2.14 bits per heavy atom. The highest BCUT2D eigenvalue weighted by molar-refractivity contribution is 7.91. The summed E-state index contributed by atoms with van der Waals surface area (Å²) in [6.45, 7) is 4.68. The monoisotopic (exact) mass is 348 g/mol. The van der Waals surface area contributed by atoms with Crippen molar-refractivity contribution >= 4 is 38.9 Å². The van der Waals surface area contributed by atoms with Crippen molar-refractivity contribution < 1.29 is 13.2 Å². The van der Waals surface area contributed by atoms with Crippen molar-refractivity contribution in [2.75, 3.05) is 19.6 Å². The molecule has 0 radical (unpaired) electrons. The third kappa shape index (κ3) is 3.85. The van der Waals surface area contributed by atoms with Gasteiger partial charge in [0.05, 0.1) is 4.34 Å². The number of hydrogen-bond acceptors (Lipinski definition) is 4. The van der Waals surface area contributed by atoms with Crippen LogP contribution < -0.4 is 5.32 Å². The fourth-order valence-electron chi connectivity index (χ4n) is 2.24. The lowest BCUT2D eigenvalue weighted by atomic mass is 9.97. The van der Waals surface area contributed by atoms with E-state index in [1.54, 1.807) is 12.1 Å². The van der Waals surface area contributed by atoms with E-state index in [2.05, 4.69) is 11.9 Å². The van der Waals surface area contributed by atoms with Gasteiger partial charge in [0.15, 0.2) is 0 Å². The average molecular weight is 349 g/mol. The molecular formula is C13H17ClN2O3S2. The van der Waals surface area contributed by atoms with E-state index in [1.807, 2.05) is 0 Å². The Balaban J connectivity index is 1.97. The van der Waals surface area contributed by atoms with E-state index >= 15 is 0 Å². The summed E-state index contributed by atoms with van der Waals surface area (Å²) in [5, 5.41) is 2.75. The van der Waals surface area contributed by atoms with Gasteiger partial charge in [-0.3, -0.25) is 4.79 Å². The summed E-state index contributed by atoms with van der Waals surface area (Å²) in [6.07, 6.45) is 2.68. The van der Waals surface area contributed by atoms with Crippen molar-refractivity contribution in [1.29, 1.82) is 0 Å². The van der Waals surface area contributed by atoms with Gasteiger partial charge in [-0.2, -0.15) is 4.31 Å². The number of rotatable bonds is 5. The predicted octanol–water partition coefficient (Wildman–Crippen LogP) is 2.10. The van der Waals surface area contributed by atoms with Crippen LogP contribution in [0.1, 0.15) is 12.8 Å². The summed E-state index contributed by atoms with van der Waals surface area (Å²) in [5.74, 6) is -0.172. The van der Waals surface area contributed by atoms with Gasteiger partial charge in [0.1, 0.15) is 4.21 Å². The molecule has 0 spiro atoms. The maximum atomic E-state index is 12.4. The van der Waals surface area contributed by atoms with Gasteiger partial charge in [-0.25, -0.2) is 8.42 Å². The van der Waals surface area contributed by atoms with Crippen molar-refractivity contribution in [2.24, 2.45) is 5.92 Å². The Kier molecular flexibility index (Phi) is 5.43. The Hall–Kier alpha value is -0.890. The molecule has 0 aromatic carbocycles. The van der Waals surface area contributed by atoms with E-state index in [0.717, 1.165) is 11.3 Å². The van der Waals surface area contributed by atoms with Gasteiger partial charge in [-0.05, 0) is 25.0 Å². The second kappa shape index (κ2) is 6.91. The number of hydrogen-bond donors (Lipinski definition) is 1. The molecule has 8 heteroatoms. The maximum absolute atomic E-state index is 12.4. The summed E-state index contributed by atoms with van der Waals surface area (Å²) in [6, 6.07) is 3.10. The minimum absolute atomic E-state index is 0.0360. The molecule has 2 heterocycles. The van der Waals surface area contributed by atoms with Crippen LogP contribution in [0.4, 0.5) is 0 Å². The molecule has 1 aliphatic rings. The minimum Gasteiger partial charge on any atom is -0.352 e. The highest BCUT2D eigenvalue weighted by Crippen LogP contribution is 2.30. The molecule has 1 aromatic rings. The molecule has 1 aromatic heterocycles. The third-order valence-corrected chi connectivity index (χ3v) is 6.99. The zero-order valence-electron chi connectivity index (χ0n) is 11.4. The predicted molar refractivity (Wildman–Crippen MR) is 84.0 cm³/mol. The Bertz CT molecular complexity index is 619. The lowest BCUT2D eigenvalue weighted by molar-refractivity contribution is -0.125. The van der Waals surface area contributed by atoms with Crippen LogP contribution in [0.2, 0.25) is 4.34 Å². The molecule has 1 amide bonds. The van der Waals surface area contributed by atoms with Crippen LogP contribution in [0.5, 0.6) is 0 Å². The fraction of sp³-hybridized carbons (Fsp3) is 0.462. The van der Waals surface area contributed by atoms with Crippen molar-refractivity contribution in [3.63, 3.8) is 0 Å². The van der Waals surface area contributed by atoms with Gasteiger partial charge in [-0.15, -0.1) is 17.9 Å². The highest BCUT2D eigenvalue weighted by Gasteiger charge is 2.32. The molecule has 1 aliphatic heterocycles. The van der Waals surface area contributed by atoms with Crippen molar-refractivity contribution in [2.45, 2.75) is 17.1 Å². The van der Waals surface area contributed by atoms with E-state index < -0.39 is 10.0 Å².